The van der Waals surface area contributed by atoms with Gasteiger partial charge in [0, 0.05) is 6.42 Å². The third kappa shape index (κ3) is 7.16. The molecule has 0 aliphatic carbocycles. The first kappa shape index (κ1) is 30.3. The molecule has 45 heavy (non-hydrogen) atoms. The Labute approximate surface area is 270 Å². The van der Waals surface area contributed by atoms with Crippen molar-refractivity contribution >= 4 is 40.6 Å². The van der Waals surface area contributed by atoms with E-state index in [1.54, 1.807) is 18.2 Å². The fourth-order valence-electron chi connectivity index (χ4n) is 5.07. The van der Waals surface area contributed by atoms with Crippen LogP contribution in [0.1, 0.15) is 50.2 Å². The van der Waals surface area contributed by atoms with E-state index >= 15 is 0 Å². The Morgan fingerprint density at radius 3 is 2.47 bits per heavy atom. The molecule has 228 valence electrons. The largest absolute Gasteiger partial charge is 0.497 e. The number of nitrogens with zero attached hydrogens (tertiary/aromatic N) is 5. The number of benzene rings is 3. The molecule has 2 amide bonds. The Kier molecular flexibility index (Phi) is 9.37. The van der Waals surface area contributed by atoms with Crippen molar-refractivity contribution in [2.75, 3.05) is 12.9 Å². The fourth-order valence-corrected chi connectivity index (χ4v) is 6.52. The number of hydrogen-bond acceptors (Lipinski definition) is 8. The highest BCUT2D eigenvalue weighted by Gasteiger charge is 2.33. The molecule has 0 bridgehead atoms. The van der Waals surface area contributed by atoms with Gasteiger partial charge in [-0.2, -0.15) is 5.10 Å². The van der Waals surface area contributed by atoms with Crippen LogP contribution in [0.25, 0.3) is 0 Å². The van der Waals surface area contributed by atoms with E-state index in [1.165, 1.54) is 23.1 Å². The van der Waals surface area contributed by atoms with Gasteiger partial charge < -0.3 is 14.6 Å². The standard InChI is InChI=1S/C34H32N6O3S2/c1-23-10-12-26(13-11-23)29-19-28(25-14-16-27(43-2)17-15-25)38-40(29)32(41)22-45-34-37-36-31(20-35-33(42)30-9-6-18-44-30)39(34)21-24-7-4-3-5-8-24/h3-18,29H,19-22H2,1-2H3,(H,35,42)/t29-/m0/s1. The molecule has 11 heteroatoms. The summed E-state index contributed by atoms with van der Waals surface area (Å²) in [6.45, 7) is 2.76. The minimum Gasteiger partial charge on any atom is -0.497 e. The lowest BCUT2D eigenvalue weighted by atomic mass is 9.97. The quantitative estimate of drug-likeness (QED) is 0.176. The van der Waals surface area contributed by atoms with E-state index in [0.717, 1.165) is 33.7 Å². The SMILES string of the molecule is COc1ccc(C2=NN(C(=O)CSc3nnc(CNC(=O)c4cccs4)n3Cc3ccccc3)[C@H](c3ccc(C)cc3)C2)cc1. The van der Waals surface area contributed by atoms with Crippen molar-refractivity contribution in [2.45, 2.75) is 37.6 Å². The molecule has 0 spiro atoms. The number of thioether (sulfide) groups is 1. The highest BCUT2D eigenvalue weighted by atomic mass is 32.2. The summed E-state index contributed by atoms with van der Waals surface area (Å²) in [4.78, 5) is 27.1. The van der Waals surface area contributed by atoms with Crippen LogP contribution in [0.2, 0.25) is 0 Å². The number of carbonyl (C=O) groups is 2. The van der Waals surface area contributed by atoms with Crippen LogP contribution in [-0.4, -0.2) is 50.2 Å². The summed E-state index contributed by atoms with van der Waals surface area (Å²) >= 11 is 2.70. The Balaban J connectivity index is 1.22. The zero-order chi connectivity index (χ0) is 31.2. The van der Waals surface area contributed by atoms with E-state index in [-0.39, 0.29) is 30.2 Å². The van der Waals surface area contributed by atoms with Gasteiger partial charge in [-0.3, -0.25) is 9.59 Å². The Bertz CT molecular complexity index is 1790. The molecule has 0 saturated heterocycles. The summed E-state index contributed by atoms with van der Waals surface area (Å²) in [5, 5.41) is 20.7. The fraction of sp³-hybridized carbons (Fsp3) is 0.206. The van der Waals surface area contributed by atoms with Crippen LogP contribution in [0, 0.1) is 6.92 Å². The number of aromatic nitrogens is 3. The zero-order valence-corrected chi connectivity index (χ0v) is 26.6. The Morgan fingerprint density at radius 1 is 0.978 bits per heavy atom. The number of hydrogen-bond donors (Lipinski definition) is 1. The third-order valence-electron chi connectivity index (χ3n) is 7.50. The Hall–Kier alpha value is -4.74. The van der Waals surface area contributed by atoms with Crippen LogP contribution >= 0.6 is 23.1 Å². The number of rotatable bonds is 11. The minimum atomic E-state index is -0.221. The van der Waals surface area contributed by atoms with Crippen LogP contribution in [0.3, 0.4) is 0 Å². The lowest BCUT2D eigenvalue weighted by Gasteiger charge is -2.22. The van der Waals surface area contributed by atoms with Gasteiger partial charge >= 0.3 is 0 Å². The van der Waals surface area contributed by atoms with E-state index in [1.807, 2.05) is 77.5 Å². The molecule has 3 heterocycles. The number of carbonyl (C=O) groups excluding carboxylic acids is 2. The number of thiophene rings is 1. The van der Waals surface area contributed by atoms with Crippen molar-refractivity contribution in [3.05, 3.63) is 129 Å². The van der Waals surface area contributed by atoms with Crippen molar-refractivity contribution in [3.63, 3.8) is 0 Å². The van der Waals surface area contributed by atoms with E-state index in [4.69, 9.17) is 9.84 Å². The lowest BCUT2D eigenvalue weighted by molar-refractivity contribution is -0.130. The van der Waals surface area contributed by atoms with Crippen LogP contribution in [0.5, 0.6) is 5.75 Å². The van der Waals surface area contributed by atoms with Gasteiger partial charge in [0.2, 0.25) is 0 Å². The molecule has 6 rings (SSSR count). The first-order chi connectivity index (χ1) is 22.0. The van der Waals surface area contributed by atoms with Gasteiger partial charge in [-0.1, -0.05) is 78.0 Å². The van der Waals surface area contributed by atoms with Gasteiger partial charge in [0.05, 0.1) is 42.6 Å². The van der Waals surface area contributed by atoms with Gasteiger partial charge in [-0.25, -0.2) is 5.01 Å². The maximum atomic E-state index is 13.8. The summed E-state index contributed by atoms with van der Waals surface area (Å²) in [5.41, 5.74) is 5.04. The predicted molar refractivity (Wildman–Crippen MR) is 177 cm³/mol. The van der Waals surface area contributed by atoms with Crippen molar-refractivity contribution < 1.29 is 14.3 Å². The maximum Gasteiger partial charge on any atom is 0.261 e. The molecule has 0 radical (unpaired) electrons. The van der Waals surface area contributed by atoms with E-state index in [0.29, 0.717) is 28.8 Å². The van der Waals surface area contributed by atoms with E-state index in [9.17, 15) is 9.59 Å². The number of methoxy groups -OCH3 is 1. The van der Waals surface area contributed by atoms with Crippen molar-refractivity contribution in [1.82, 2.24) is 25.1 Å². The second-order valence-corrected chi connectivity index (χ2v) is 12.5. The Morgan fingerprint density at radius 2 is 1.76 bits per heavy atom. The zero-order valence-electron chi connectivity index (χ0n) is 24.9. The first-order valence-electron chi connectivity index (χ1n) is 14.5. The van der Waals surface area contributed by atoms with Gasteiger partial charge in [-0.05, 0) is 59.3 Å². The molecule has 1 aliphatic heterocycles. The minimum absolute atomic E-state index is 0.121. The van der Waals surface area contributed by atoms with Crippen molar-refractivity contribution in [3.8, 4) is 5.75 Å². The monoisotopic (exact) mass is 636 g/mol. The molecule has 9 nitrogen and oxygen atoms in total. The van der Waals surface area contributed by atoms with Gasteiger partial charge in [0.15, 0.2) is 11.0 Å². The van der Waals surface area contributed by atoms with Crippen molar-refractivity contribution in [2.24, 2.45) is 5.10 Å². The number of nitrogens with one attached hydrogen (secondary N) is 1. The molecule has 1 aliphatic rings. The van der Waals surface area contributed by atoms with Crippen LogP contribution in [-0.2, 0) is 17.9 Å². The van der Waals surface area contributed by atoms with Crippen LogP contribution < -0.4 is 10.1 Å². The second kappa shape index (κ2) is 13.9. The molecule has 2 aromatic heterocycles. The molecule has 0 fully saturated rings. The van der Waals surface area contributed by atoms with E-state index in [2.05, 4.69) is 39.8 Å². The summed E-state index contributed by atoms with van der Waals surface area (Å²) in [6, 6.07) is 29.4. The van der Waals surface area contributed by atoms with Crippen molar-refractivity contribution in [1.29, 1.82) is 0 Å². The average Bonchev–Trinajstić information content (AvgIpc) is 3.85. The molecule has 5 aromatic rings. The average molecular weight is 637 g/mol. The normalized spacial score (nSPS) is 14.3. The summed E-state index contributed by atoms with van der Waals surface area (Å²) < 4.78 is 7.27. The first-order valence-corrected chi connectivity index (χ1v) is 16.4. The predicted octanol–water partition coefficient (Wildman–Crippen LogP) is 6.10. The molecule has 1 atom stereocenters. The maximum absolute atomic E-state index is 13.8. The molecular formula is C34H32N6O3S2. The lowest BCUT2D eigenvalue weighted by Crippen LogP contribution is -2.28. The van der Waals surface area contributed by atoms with Gasteiger partial charge in [-0.15, -0.1) is 21.5 Å². The highest BCUT2D eigenvalue weighted by Crippen LogP contribution is 2.34. The summed E-state index contributed by atoms with van der Waals surface area (Å²) in [5.74, 6) is 1.20. The van der Waals surface area contributed by atoms with Crippen LogP contribution in [0.15, 0.2) is 107 Å². The molecule has 1 N–H and O–H groups in total. The summed E-state index contributed by atoms with van der Waals surface area (Å²) in [6.07, 6.45) is 0.601. The summed E-state index contributed by atoms with van der Waals surface area (Å²) in [7, 11) is 1.64. The topological polar surface area (TPSA) is 102 Å². The molecule has 0 unspecified atom stereocenters. The molecule has 0 saturated carbocycles. The van der Waals surface area contributed by atoms with Crippen LogP contribution in [0.4, 0.5) is 0 Å². The number of amides is 2. The smallest absolute Gasteiger partial charge is 0.261 e. The van der Waals surface area contributed by atoms with E-state index < -0.39 is 0 Å². The highest BCUT2D eigenvalue weighted by molar-refractivity contribution is 7.99. The second-order valence-electron chi connectivity index (χ2n) is 10.6. The number of hydrazone groups is 1. The number of ether oxygens (including phenoxy) is 1. The number of aryl methyl sites for hydroxylation is 1. The third-order valence-corrected chi connectivity index (χ3v) is 9.33. The molecule has 3 aromatic carbocycles. The van der Waals surface area contributed by atoms with Gasteiger partial charge in [0.25, 0.3) is 11.8 Å². The van der Waals surface area contributed by atoms with Gasteiger partial charge in [0.1, 0.15) is 5.75 Å². The molecular weight excluding hydrogens is 605 g/mol.